The summed E-state index contributed by atoms with van der Waals surface area (Å²) in [5, 5.41) is 1.77. The average Bonchev–Trinajstić information content (AvgIpc) is 3.09. The number of aryl methyl sites for hydroxylation is 2. The van der Waals surface area contributed by atoms with Crippen LogP contribution in [0.1, 0.15) is 18.5 Å². The molecule has 0 aliphatic heterocycles. The van der Waals surface area contributed by atoms with Gasteiger partial charge in [-0.2, -0.15) is 0 Å². The number of carbonyl (C=O) groups excluding carboxylic acids is 1. The predicted molar refractivity (Wildman–Crippen MR) is 96.1 cm³/mol. The van der Waals surface area contributed by atoms with Gasteiger partial charge in [-0.25, -0.2) is 4.79 Å². The molecule has 3 rings (SSSR count). The first-order valence-corrected chi connectivity index (χ1v) is 8.92. The molecule has 0 bridgehead atoms. The third-order valence-electron chi connectivity index (χ3n) is 3.99. The van der Waals surface area contributed by atoms with E-state index in [1.54, 1.807) is 14.5 Å². The molecular weight excluding hydrogens is 342 g/mol. The summed E-state index contributed by atoms with van der Waals surface area (Å²) < 4.78 is 8.40. The molecule has 0 radical (unpaired) electrons. The normalized spacial score (nSPS) is 11.1. The van der Waals surface area contributed by atoms with Gasteiger partial charge in [-0.15, -0.1) is 0 Å². The van der Waals surface area contributed by atoms with Gasteiger partial charge >= 0.3 is 16.5 Å². The van der Waals surface area contributed by atoms with Gasteiger partial charge < -0.3 is 14.3 Å². The maximum Gasteiger partial charge on any atom is 0.326 e. The quantitative estimate of drug-likeness (QED) is 0.514. The third-order valence-corrected chi connectivity index (χ3v) is 4.87. The van der Waals surface area contributed by atoms with Crippen LogP contribution >= 0.6 is 11.3 Å². The van der Waals surface area contributed by atoms with Crippen molar-refractivity contribution in [1.82, 2.24) is 14.1 Å². The molecular formula is C17H19N3O4S. The average molecular weight is 361 g/mol. The van der Waals surface area contributed by atoms with Crippen molar-refractivity contribution in [3.63, 3.8) is 0 Å². The van der Waals surface area contributed by atoms with Gasteiger partial charge in [0.05, 0.1) is 24.1 Å². The molecule has 0 fully saturated rings. The van der Waals surface area contributed by atoms with E-state index in [2.05, 4.69) is 4.98 Å². The fourth-order valence-electron chi connectivity index (χ4n) is 2.69. The molecule has 0 atom stereocenters. The van der Waals surface area contributed by atoms with Crippen molar-refractivity contribution in [2.75, 3.05) is 6.61 Å². The zero-order chi connectivity index (χ0) is 17.8. The minimum atomic E-state index is -0.344. The molecule has 7 nitrogen and oxygen atoms in total. The van der Waals surface area contributed by atoms with Crippen LogP contribution in [0.4, 0.5) is 0 Å². The minimum absolute atomic E-state index is 0.0657. The Balaban J connectivity index is 1.46. The third kappa shape index (κ3) is 3.90. The molecule has 25 heavy (non-hydrogen) atoms. The van der Waals surface area contributed by atoms with E-state index in [4.69, 9.17) is 4.74 Å². The number of aromatic amines is 1. The number of aromatic nitrogens is 3. The standard InChI is InChI=1S/C17H19N3O4S/c1-12-11-25-17(23)19(12)9-7-15(21)24-10-4-8-20-14-6-3-2-5-13(14)18-16(20)22/h2-3,5-6,11H,4,7-10H2,1H3,(H,18,22). The number of rotatable bonds is 7. The Morgan fingerprint density at radius 2 is 2.00 bits per heavy atom. The number of para-hydroxylation sites is 2. The number of fused-ring (bicyclic) bond motifs is 1. The maximum atomic E-state index is 11.9. The van der Waals surface area contributed by atoms with E-state index in [1.165, 1.54) is 0 Å². The van der Waals surface area contributed by atoms with E-state index in [0.717, 1.165) is 28.1 Å². The van der Waals surface area contributed by atoms with Crippen molar-refractivity contribution in [3.05, 3.63) is 55.5 Å². The monoisotopic (exact) mass is 361 g/mol. The number of thiazole rings is 1. The number of carbonyl (C=O) groups is 1. The summed E-state index contributed by atoms with van der Waals surface area (Å²) in [6.45, 7) is 2.87. The Hall–Kier alpha value is -2.61. The number of hydrogen-bond acceptors (Lipinski definition) is 5. The Kier molecular flexibility index (Phi) is 5.18. The lowest BCUT2D eigenvalue weighted by Crippen LogP contribution is -2.19. The highest BCUT2D eigenvalue weighted by Gasteiger charge is 2.09. The van der Waals surface area contributed by atoms with E-state index in [1.807, 2.05) is 31.2 Å². The smallest absolute Gasteiger partial charge is 0.326 e. The molecule has 0 aliphatic rings. The number of H-pyrrole nitrogens is 1. The summed E-state index contributed by atoms with van der Waals surface area (Å²) in [5.74, 6) is -0.344. The van der Waals surface area contributed by atoms with Crippen LogP contribution in [0.3, 0.4) is 0 Å². The minimum Gasteiger partial charge on any atom is -0.466 e. The Bertz CT molecular complexity index is 995. The summed E-state index contributed by atoms with van der Waals surface area (Å²) in [4.78, 5) is 38.0. The van der Waals surface area contributed by atoms with Crippen LogP contribution in [-0.4, -0.2) is 26.7 Å². The van der Waals surface area contributed by atoms with E-state index >= 15 is 0 Å². The van der Waals surface area contributed by atoms with Crippen molar-refractivity contribution < 1.29 is 9.53 Å². The van der Waals surface area contributed by atoms with Gasteiger partial charge in [-0.3, -0.25) is 14.2 Å². The largest absolute Gasteiger partial charge is 0.466 e. The summed E-state index contributed by atoms with van der Waals surface area (Å²) in [5.41, 5.74) is 2.31. The fourth-order valence-corrected chi connectivity index (χ4v) is 3.45. The molecule has 0 amide bonds. The summed E-state index contributed by atoms with van der Waals surface area (Å²) in [6, 6.07) is 7.47. The second-order valence-electron chi connectivity index (χ2n) is 5.72. The van der Waals surface area contributed by atoms with Crippen LogP contribution in [0.25, 0.3) is 11.0 Å². The van der Waals surface area contributed by atoms with E-state index < -0.39 is 0 Å². The molecule has 0 saturated heterocycles. The van der Waals surface area contributed by atoms with E-state index in [9.17, 15) is 14.4 Å². The second kappa shape index (κ2) is 7.52. The van der Waals surface area contributed by atoms with Crippen LogP contribution in [0, 0.1) is 6.92 Å². The van der Waals surface area contributed by atoms with Crippen molar-refractivity contribution in [2.24, 2.45) is 0 Å². The summed E-state index contributed by atoms with van der Waals surface area (Å²) >= 11 is 1.12. The molecule has 0 unspecified atom stereocenters. The first-order chi connectivity index (χ1) is 12.1. The molecule has 0 spiro atoms. The van der Waals surface area contributed by atoms with E-state index in [0.29, 0.717) is 19.5 Å². The zero-order valence-electron chi connectivity index (χ0n) is 13.9. The topological polar surface area (TPSA) is 86.1 Å². The van der Waals surface area contributed by atoms with Crippen LogP contribution in [0.2, 0.25) is 0 Å². The van der Waals surface area contributed by atoms with Gasteiger partial charge in [-0.05, 0) is 25.5 Å². The molecule has 2 aromatic heterocycles. The number of ether oxygens (including phenoxy) is 1. The predicted octanol–water partition coefficient (Wildman–Crippen LogP) is 1.88. The Morgan fingerprint density at radius 1 is 1.20 bits per heavy atom. The molecule has 1 N–H and O–H groups in total. The van der Waals surface area contributed by atoms with Crippen molar-refractivity contribution in [1.29, 1.82) is 0 Å². The number of nitrogens with one attached hydrogen (secondary N) is 1. The van der Waals surface area contributed by atoms with E-state index in [-0.39, 0.29) is 29.6 Å². The van der Waals surface area contributed by atoms with Gasteiger partial charge in [0.1, 0.15) is 0 Å². The van der Waals surface area contributed by atoms with Crippen LogP contribution < -0.4 is 10.6 Å². The lowest BCUT2D eigenvalue weighted by atomic mass is 10.3. The van der Waals surface area contributed by atoms with Crippen LogP contribution in [0.5, 0.6) is 0 Å². The Morgan fingerprint density at radius 3 is 2.76 bits per heavy atom. The lowest BCUT2D eigenvalue weighted by Gasteiger charge is -2.07. The first kappa shape index (κ1) is 17.2. The second-order valence-corrected chi connectivity index (χ2v) is 6.54. The maximum absolute atomic E-state index is 11.9. The van der Waals surface area contributed by atoms with Crippen molar-refractivity contribution in [3.8, 4) is 0 Å². The molecule has 8 heteroatoms. The van der Waals surface area contributed by atoms with Gasteiger partial charge in [0.25, 0.3) is 0 Å². The number of esters is 1. The number of nitrogens with zero attached hydrogens (tertiary/aromatic N) is 2. The summed E-state index contributed by atoms with van der Waals surface area (Å²) in [6.07, 6.45) is 0.704. The highest BCUT2D eigenvalue weighted by Crippen LogP contribution is 2.09. The molecule has 0 saturated carbocycles. The molecule has 132 valence electrons. The SMILES string of the molecule is Cc1csc(=O)n1CCC(=O)OCCCn1c(=O)[nH]c2ccccc21. The van der Waals surface area contributed by atoms with Crippen molar-refractivity contribution in [2.45, 2.75) is 32.9 Å². The number of benzene rings is 1. The van der Waals surface area contributed by atoms with Gasteiger partial charge in [-0.1, -0.05) is 23.5 Å². The van der Waals surface area contributed by atoms with Crippen LogP contribution in [-0.2, 0) is 22.6 Å². The molecule has 1 aromatic carbocycles. The molecule has 2 heterocycles. The number of hydrogen-bond donors (Lipinski definition) is 1. The Labute approximate surface area is 147 Å². The highest BCUT2D eigenvalue weighted by molar-refractivity contribution is 7.07. The molecule has 3 aromatic rings. The first-order valence-electron chi connectivity index (χ1n) is 8.04. The van der Waals surface area contributed by atoms with Gasteiger partial charge in [0.15, 0.2) is 0 Å². The fraction of sp³-hybridized carbons (Fsp3) is 0.353. The highest BCUT2D eigenvalue weighted by atomic mass is 32.1. The van der Waals surface area contributed by atoms with Gasteiger partial charge in [0, 0.05) is 24.2 Å². The molecule has 0 aliphatic carbocycles. The van der Waals surface area contributed by atoms with Crippen LogP contribution in [0.15, 0.2) is 39.2 Å². The van der Waals surface area contributed by atoms with Crippen molar-refractivity contribution >= 4 is 28.3 Å². The van der Waals surface area contributed by atoms with Gasteiger partial charge in [0.2, 0.25) is 0 Å². The summed E-state index contributed by atoms with van der Waals surface area (Å²) in [7, 11) is 0. The number of imidazole rings is 1. The lowest BCUT2D eigenvalue weighted by molar-refractivity contribution is -0.144. The zero-order valence-corrected chi connectivity index (χ0v) is 14.7.